The molecule has 0 atom stereocenters. The quantitative estimate of drug-likeness (QED) is 0.322. The molecule has 0 saturated heterocycles. The second kappa shape index (κ2) is 11.9. The number of unbranched alkanes of at least 4 members (excludes halogenated alkanes) is 3. The normalized spacial score (nSPS) is 11.5. The zero-order valence-electron chi connectivity index (χ0n) is 19.1. The van der Waals surface area contributed by atoms with Crippen LogP contribution in [0.5, 0.6) is 5.75 Å². The summed E-state index contributed by atoms with van der Waals surface area (Å²) in [6.07, 6.45) is 6.98. The molecule has 2 aromatic rings. The Morgan fingerprint density at radius 2 is 1.55 bits per heavy atom. The maximum atomic E-state index is 13.2. The Kier molecular flexibility index (Phi) is 9.56. The van der Waals surface area contributed by atoms with E-state index < -0.39 is 10.1 Å². The number of rotatable bonds is 12. The van der Waals surface area contributed by atoms with Gasteiger partial charge in [0.25, 0.3) is 5.91 Å². The van der Waals surface area contributed by atoms with Gasteiger partial charge in [0, 0.05) is 18.7 Å². The Morgan fingerprint density at radius 1 is 0.935 bits per heavy atom. The predicted octanol–water partition coefficient (Wildman–Crippen LogP) is 5.45. The molecule has 0 bridgehead atoms. The highest BCUT2D eigenvalue weighted by molar-refractivity contribution is 7.86. The molecule has 0 saturated carbocycles. The monoisotopic (exact) mass is 445 g/mol. The molecule has 0 aliphatic heterocycles. The molecule has 0 radical (unpaired) electrons. The van der Waals surface area contributed by atoms with Crippen LogP contribution >= 0.6 is 0 Å². The molecule has 0 aliphatic rings. The number of carbonyl (C=O) groups is 1. The molecule has 31 heavy (non-hydrogen) atoms. The molecule has 170 valence electrons. The van der Waals surface area contributed by atoms with Crippen molar-refractivity contribution in [3.63, 3.8) is 0 Å². The van der Waals surface area contributed by atoms with Crippen LogP contribution in [-0.4, -0.2) is 32.0 Å². The molecule has 0 unspecified atom stereocenters. The van der Waals surface area contributed by atoms with E-state index in [0.717, 1.165) is 18.2 Å². The van der Waals surface area contributed by atoms with Gasteiger partial charge in [-0.1, -0.05) is 64.3 Å². The topological polar surface area (TPSA) is 63.7 Å². The SMILES string of the molecule is CCCCCCc1ccc(C(=O)N(Cc2ccc(OS(C)(=O)=O)cc2)CC(C)C)cc1. The van der Waals surface area contributed by atoms with E-state index in [-0.39, 0.29) is 11.7 Å². The van der Waals surface area contributed by atoms with Crippen molar-refractivity contribution in [2.75, 3.05) is 12.8 Å². The van der Waals surface area contributed by atoms with Gasteiger partial charge in [-0.3, -0.25) is 4.79 Å². The zero-order chi connectivity index (χ0) is 22.9. The Labute approximate surface area is 187 Å². The Bertz CT molecular complexity index is 919. The van der Waals surface area contributed by atoms with Gasteiger partial charge < -0.3 is 9.08 Å². The predicted molar refractivity (Wildman–Crippen MR) is 126 cm³/mol. The van der Waals surface area contributed by atoms with Gasteiger partial charge in [0.1, 0.15) is 5.75 Å². The van der Waals surface area contributed by atoms with Crippen molar-refractivity contribution in [1.82, 2.24) is 4.90 Å². The van der Waals surface area contributed by atoms with E-state index in [1.54, 1.807) is 24.3 Å². The van der Waals surface area contributed by atoms with Crippen molar-refractivity contribution in [2.24, 2.45) is 5.92 Å². The van der Waals surface area contributed by atoms with E-state index in [4.69, 9.17) is 4.18 Å². The van der Waals surface area contributed by atoms with Gasteiger partial charge in [0.05, 0.1) is 6.26 Å². The lowest BCUT2D eigenvalue weighted by atomic mass is 10.0. The molecule has 0 heterocycles. The van der Waals surface area contributed by atoms with Crippen LogP contribution in [0.1, 0.15) is 67.9 Å². The van der Waals surface area contributed by atoms with Crippen LogP contribution in [0.3, 0.4) is 0 Å². The van der Waals surface area contributed by atoms with Gasteiger partial charge in [-0.15, -0.1) is 0 Å². The first-order chi connectivity index (χ1) is 14.7. The van der Waals surface area contributed by atoms with E-state index in [1.165, 1.54) is 31.2 Å². The summed E-state index contributed by atoms with van der Waals surface area (Å²) >= 11 is 0. The molecule has 0 fully saturated rings. The highest BCUT2D eigenvalue weighted by Gasteiger charge is 2.18. The Morgan fingerprint density at radius 3 is 2.10 bits per heavy atom. The van der Waals surface area contributed by atoms with Crippen LogP contribution < -0.4 is 4.18 Å². The molecular weight excluding hydrogens is 410 g/mol. The molecule has 1 amide bonds. The minimum Gasteiger partial charge on any atom is -0.383 e. The molecular formula is C25H35NO4S. The summed E-state index contributed by atoms with van der Waals surface area (Å²) in [5.41, 5.74) is 2.88. The number of nitrogens with zero attached hydrogens (tertiary/aromatic N) is 1. The van der Waals surface area contributed by atoms with Gasteiger partial charge in [-0.25, -0.2) is 0 Å². The summed E-state index contributed by atoms with van der Waals surface area (Å²) in [5, 5.41) is 0. The van der Waals surface area contributed by atoms with E-state index in [1.807, 2.05) is 17.0 Å². The maximum Gasteiger partial charge on any atom is 0.306 e. The van der Waals surface area contributed by atoms with E-state index in [0.29, 0.717) is 24.6 Å². The van der Waals surface area contributed by atoms with Gasteiger partial charge in [-0.2, -0.15) is 8.42 Å². The Hall–Kier alpha value is -2.34. The number of hydrogen-bond acceptors (Lipinski definition) is 4. The summed E-state index contributed by atoms with van der Waals surface area (Å²) in [7, 11) is -3.56. The average Bonchev–Trinajstić information content (AvgIpc) is 2.71. The van der Waals surface area contributed by atoms with Crippen LogP contribution in [0, 0.1) is 5.92 Å². The lowest BCUT2D eigenvalue weighted by molar-refractivity contribution is 0.0722. The number of amides is 1. The fourth-order valence-corrected chi connectivity index (χ4v) is 3.92. The molecule has 5 nitrogen and oxygen atoms in total. The Balaban J connectivity index is 2.06. The summed E-state index contributed by atoms with van der Waals surface area (Å²) in [6, 6.07) is 14.8. The van der Waals surface area contributed by atoms with Crippen molar-refractivity contribution < 1.29 is 17.4 Å². The van der Waals surface area contributed by atoms with Crippen LogP contribution in [0.4, 0.5) is 0 Å². The van der Waals surface area contributed by atoms with Crippen molar-refractivity contribution in [3.05, 3.63) is 65.2 Å². The zero-order valence-corrected chi connectivity index (χ0v) is 20.0. The third kappa shape index (κ3) is 9.13. The molecule has 2 rings (SSSR count). The van der Waals surface area contributed by atoms with E-state index >= 15 is 0 Å². The highest BCUT2D eigenvalue weighted by atomic mass is 32.2. The molecule has 0 aliphatic carbocycles. The van der Waals surface area contributed by atoms with Gasteiger partial charge >= 0.3 is 10.1 Å². The lowest BCUT2D eigenvalue weighted by Crippen LogP contribution is -2.33. The average molecular weight is 446 g/mol. The first kappa shape index (κ1) is 24.9. The number of aryl methyl sites for hydroxylation is 1. The van der Waals surface area contributed by atoms with Crippen molar-refractivity contribution >= 4 is 16.0 Å². The van der Waals surface area contributed by atoms with Gasteiger partial charge in [-0.05, 0) is 54.2 Å². The minimum atomic E-state index is -3.56. The fourth-order valence-electron chi connectivity index (χ4n) is 3.46. The second-order valence-corrected chi connectivity index (χ2v) is 10.1. The summed E-state index contributed by atoms with van der Waals surface area (Å²) in [6.45, 7) is 7.47. The molecule has 0 N–H and O–H groups in total. The molecule has 0 spiro atoms. The third-order valence-electron chi connectivity index (χ3n) is 4.94. The molecule has 0 aromatic heterocycles. The largest absolute Gasteiger partial charge is 0.383 e. The van der Waals surface area contributed by atoms with Crippen LogP contribution in [0.15, 0.2) is 48.5 Å². The number of benzene rings is 2. The van der Waals surface area contributed by atoms with Gasteiger partial charge in [0.15, 0.2) is 0 Å². The highest BCUT2D eigenvalue weighted by Crippen LogP contribution is 2.18. The summed E-state index contributed by atoms with van der Waals surface area (Å²) in [5.74, 6) is 0.597. The number of hydrogen-bond donors (Lipinski definition) is 0. The molecule has 6 heteroatoms. The van der Waals surface area contributed by atoms with Crippen molar-refractivity contribution in [3.8, 4) is 5.75 Å². The summed E-state index contributed by atoms with van der Waals surface area (Å²) in [4.78, 5) is 15.0. The molecule has 2 aromatic carbocycles. The van der Waals surface area contributed by atoms with E-state index in [2.05, 4.69) is 32.9 Å². The first-order valence-corrected chi connectivity index (χ1v) is 12.9. The smallest absolute Gasteiger partial charge is 0.306 e. The van der Waals surface area contributed by atoms with Crippen LogP contribution in [-0.2, 0) is 23.1 Å². The van der Waals surface area contributed by atoms with E-state index in [9.17, 15) is 13.2 Å². The fraction of sp³-hybridized carbons (Fsp3) is 0.480. The first-order valence-electron chi connectivity index (χ1n) is 11.0. The van der Waals surface area contributed by atoms with Gasteiger partial charge in [0.2, 0.25) is 0 Å². The number of carbonyl (C=O) groups excluding carboxylic acids is 1. The standard InChI is InChI=1S/C25H35NO4S/c1-5-6-7-8-9-21-10-14-23(15-11-21)25(27)26(18-20(2)3)19-22-12-16-24(17-13-22)30-31(4,28)29/h10-17,20H,5-9,18-19H2,1-4H3. The van der Waals surface area contributed by atoms with Crippen molar-refractivity contribution in [2.45, 2.75) is 59.4 Å². The van der Waals surface area contributed by atoms with Crippen molar-refractivity contribution in [1.29, 1.82) is 0 Å². The third-order valence-corrected chi connectivity index (χ3v) is 5.43. The minimum absolute atomic E-state index is 0.00250. The summed E-state index contributed by atoms with van der Waals surface area (Å²) < 4.78 is 27.4. The second-order valence-electron chi connectivity index (χ2n) is 8.52. The van der Waals surface area contributed by atoms with Crippen LogP contribution in [0.25, 0.3) is 0 Å². The lowest BCUT2D eigenvalue weighted by Gasteiger charge is -2.25. The van der Waals surface area contributed by atoms with Crippen LogP contribution in [0.2, 0.25) is 0 Å². The maximum absolute atomic E-state index is 13.2.